The third-order valence-electron chi connectivity index (χ3n) is 3.11. The van der Waals surface area contributed by atoms with Gasteiger partial charge >= 0.3 is 0 Å². The van der Waals surface area contributed by atoms with Gasteiger partial charge in [-0.15, -0.1) is 0 Å². The lowest BCUT2D eigenvalue weighted by Gasteiger charge is -2.08. The molecule has 0 bridgehead atoms. The fourth-order valence-electron chi connectivity index (χ4n) is 1.98. The fraction of sp³-hybridized carbons (Fsp3) is 0.286. The van der Waals surface area contributed by atoms with E-state index in [0.717, 1.165) is 15.9 Å². The predicted octanol–water partition coefficient (Wildman–Crippen LogP) is 0.0154. The van der Waals surface area contributed by atoms with Crippen molar-refractivity contribution in [3.63, 3.8) is 0 Å². The Labute approximate surface area is 120 Å². The minimum absolute atomic E-state index is 0.102. The molecule has 0 radical (unpaired) electrons. The zero-order chi connectivity index (χ0) is 15.6. The van der Waals surface area contributed by atoms with Crippen LogP contribution in [0.25, 0.3) is 0 Å². The first kappa shape index (κ1) is 14.7. The maximum absolute atomic E-state index is 12.0. The molecule has 110 valence electrons. The van der Waals surface area contributed by atoms with Crippen molar-refractivity contribution >= 4 is 5.91 Å². The maximum Gasteiger partial charge on any atom is 0.271 e. The van der Waals surface area contributed by atoms with Gasteiger partial charge in [-0.1, -0.05) is 0 Å². The Morgan fingerprint density at radius 1 is 1.33 bits per heavy atom. The summed E-state index contributed by atoms with van der Waals surface area (Å²) >= 11 is 0. The molecule has 0 aromatic carbocycles. The minimum Gasteiger partial charge on any atom is -0.346 e. The molecular weight excluding hydrogens is 272 g/mol. The van der Waals surface area contributed by atoms with E-state index >= 15 is 0 Å². The summed E-state index contributed by atoms with van der Waals surface area (Å²) in [6, 6.07) is 4.46. The molecule has 2 aromatic heterocycles. The van der Waals surface area contributed by atoms with Gasteiger partial charge < -0.3 is 10.3 Å². The van der Waals surface area contributed by atoms with Crippen molar-refractivity contribution in [2.45, 2.75) is 20.4 Å². The molecule has 0 saturated heterocycles. The second kappa shape index (κ2) is 5.74. The highest BCUT2D eigenvalue weighted by molar-refractivity contribution is 5.91. The zero-order valence-electron chi connectivity index (χ0n) is 12.1. The molecule has 2 rings (SSSR count). The number of carbonyl (C=O) groups excluding carboxylic acids is 1. The van der Waals surface area contributed by atoms with Crippen molar-refractivity contribution in [2.75, 3.05) is 0 Å². The van der Waals surface area contributed by atoms with Crippen LogP contribution in [0, 0.1) is 13.8 Å². The summed E-state index contributed by atoms with van der Waals surface area (Å²) in [6.07, 6.45) is 0. The molecule has 2 aromatic rings. The van der Waals surface area contributed by atoms with Crippen molar-refractivity contribution in [1.82, 2.24) is 20.1 Å². The largest absolute Gasteiger partial charge is 0.346 e. The number of aryl methyl sites for hydroxylation is 3. The molecule has 0 spiro atoms. The van der Waals surface area contributed by atoms with Crippen LogP contribution in [0.2, 0.25) is 0 Å². The molecule has 0 aliphatic heterocycles. The van der Waals surface area contributed by atoms with E-state index in [0.29, 0.717) is 5.56 Å². The van der Waals surface area contributed by atoms with Gasteiger partial charge in [0.05, 0.1) is 0 Å². The average molecular weight is 288 g/mol. The van der Waals surface area contributed by atoms with Gasteiger partial charge in [0, 0.05) is 30.9 Å². The van der Waals surface area contributed by atoms with E-state index in [1.807, 2.05) is 13.0 Å². The number of nitrogens with zero attached hydrogens (tertiary/aromatic N) is 2. The monoisotopic (exact) mass is 288 g/mol. The van der Waals surface area contributed by atoms with E-state index in [2.05, 4.69) is 15.4 Å². The summed E-state index contributed by atoms with van der Waals surface area (Å²) in [6.45, 7) is 3.71. The molecule has 0 saturated carbocycles. The fourth-order valence-corrected chi connectivity index (χ4v) is 1.98. The number of rotatable bonds is 3. The van der Waals surface area contributed by atoms with E-state index in [4.69, 9.17) is 0 Å². The van der Waals surface area contributed by atoms with Crippen LogP contribution in [0.5, 0.6) is 0 Å². The third-order valence-corrected chi connectivity index (χ3v) is 3.11. The number of hydrogen-bond donors (Lipinski definition) is 2. The van der Waals surface area contributed by atoms with Gasteiger partial charge in [0.1, 0.15) is 5.69 Å². The van der Waals surface area contributed by atoms with Crippen LogP contribution in [0.1, 0.15) is 27.3 Å². The van der Waals surface area contributed by atoms with Crippen molar-refractivity contribution < 1.29 is 4.79 Å². The number of carbonyl (C=O) groups is 1. The highest BCUT2D eigenvalue weighted by Crippen LogP contribution is 2.03. The van der Waals surface area contributed by atoms with Crippen molar-refractivity contribution in [3.8, 4) is 0 Å². The SMILES string of the molecule is Cc1cc(C)c(CNC(=O)c2ccc(=O)n(C)n2)c(=O)[nH]1. The topological polar surface area (TPSA) is 96.8 Å². The smallest absolute Gasteiger partial charge is 0.271 e. The molecule has 0 aliphatic carbocycles. The third kappa shape index (κ3) is 3.25. The van der Waals surface area contributed by atoms with Crippen molar-refractivity contribution in [2.24, 2.45) is 7.05 Å². The molecule has 0 aliphatic rings. The summed E-state index contributed by atoms with van der Waals surface area (Å²) in [7, 11) is 1.47. The van der Waals surface area contributed by atoms with Crippen molar-refractivity contribution in [3.05, 3.63) is 61.4 Å². The van der Waals surface area contributed by atoms with E-state index in [1.165, 1.54) is 19.2 Å². The number of hydrogen-bond acceptors (Lipinski definition) is 4. The quantitative estimate of drug-likeness (QED) is 0.831. The molecule has 0 fully saturated rings. The summed E-state index contributed by atoms with van der Waals surface area (Å²) in [5, 5.41) is 6.48. The van der Waals surface area contributed by atoms with Crippen LogP contribution >= 0.6 is 0 Å². The summed E-state index contributed by atoms with van der Waals surface area (Å²) in [4.78, 5) is 37.7. The summed E-state index contributed by atoms with van der Waals surface area (Å²) in [5.41, 5.74) is 1.69. The second-order valence-electron chi connectivity index (χ2n) is 4.81. The van der Waals surface area contributed by atoms with Gasteiger partial charge in [-0.25, -0.2) is 4.68 Å². The Morgan fingerprint density at radius 2 is 2.05 bits per heavy atom. The Kier molecular flexibility index (Phi) is 4.02. The molecule has 0 atom stereocenters. The first-order valence-electron chi connectivity index (χ1n) is 6.40. The Hall–Kier alpha value is -2.70. The number of amides is 1. The van der Waals surface area contributed by atoms with E-state index in [9.17, 15) is 14.4 Å². The van der Waals surface area contributed by atoms with Gasteiger partial charge in [-0.05, 0) is 31.5 Å². The second-order valence-corrected chi connectivity index (χ2v) is 4.81. The van der Waals surface area contributed by atoms with Gasteiger partial charge in [0.2, 0.25) is 0 Å². The lowest BCUT2D eigenvalue weighted by molar-refractivity contribution is 0.0943. The zero-order valence-corrected chi connectivity index (χ0v) is 12.1. The molecule has 7 nitrogen and oxygen atoms in total. The predicted molar refractivity (Wildman–Crippen MR) is 77.2 cm³/mol. The number of nitrogens with one attached hydrogen (secondary N) is 2. The number of aromatic nitrogens is 3. The van der Waals surface area contributed by atoms with Crippen LogP contribution in [0.15, 0.2) is 27.8 Å². The molecule has 2 heterocycles. The minimum atomic E-state index is -0.440. The Balaban J connectivity index is 2.16. The van der Waals surface area contributed by atoms with Crippen LogP contribution in [-0.2, 0) is 13.6 Å². The number of H-pyrrole nitrogens is 1. The lowest BCUT2D eigenvalue weighted by Crippen LogP contribution is -2.30. The molecule has 1 amide bonds. The standard InChI is InChI=1S/C14H16N4O3/c1-8-6-9(2)16-13(20)10(8)7-15-14(21)11-4-5-12(19)18(3)17-11/h4-6H,7H2,1-3H3,(H,15,21)(H,16,20). The highest BCUT2D eigenvalue weighted by Gasteiger charge is 2.11. The van der Waals surface area contributed by atoms with Gasteiger partial charge in [-0.2, -0.15) is 5.10 Å². The van der Waals surface area contributed by atoms with Crippen molar-refractivity contribution in [1.29, 1.82) is 0 Å². The van der Waals surface area contributed by atoms with Crippen LogP contribution < -0.4 is 16.4 Å². The van der Waals surface area contributed by atoms with Crippen LogP contribution in [0.4, 0.5) is 0 Å². The Bertz CT molecular complexity index is 805. The first-order valence-corrected chi connectivity index (χ1v) is 6.40. The normalized spacial score (nSPS) is 10.4. The number of pyridine rings is 1. The highest BCUT2D eigenvalue weighted by atomic mass is 16.2. The molecule has 0 unspecified atom stereocenters. The van der Waals surface area contributed by atoms with Gasteiger partial charge in [0.25, 0.3) is 17.0 Å². The molecule has 7 heteroatoms. The van der Waals surface area contributed by atoms with E-state index < -0.39 is 5.91 Å². The summed E-state index contributed by atoms with van der Waals surface area (Å²) in [5.74, 6) is -0.440. The first-order chi connectivity index (χ1) is 9.88. The van der Waals surface area contributed by atoms with E-state index in [1.54, 1.807) is 6.92 Å². The average Bonchev–Trinajstić information content (AvgIpc) is 2.40. The molecule has 2 N–H and O–H groups in total. The van der Waals surface area contributed by atoms with Crippen LogP contribution in [-0.4, -0.2) is 20.7 Å². The van der Waals surface area contributed by atoms with E-state index in [-0.39, 0.29) is 23.4 Å². The summed E-state index contributed by atoms with van der Waals surface area (Å²) < 4.78 is 1.08. The molecular formula is C14H16N4O3. The van der Waals surface area contributed by atoms with Gasteiger partial charge in [0.15, 0.2) is 0 Å². The lowest BCUT2D eigenvalue weighted by atomic mass is 10.1. The van der Waals surface area contributed by atoms with Crippen LogP contribution in [0.3, 0.4) is 0 Å². The number of aromatic amines is 1. The molecule has 21 heavy (non-hydrogen) atoms. The maximum atomic E-state index is 12.0. The van der Waals surface area contributed by atoms with Gasteiger partial charge in [-0.3, -0.25) is 14.4 Å². The Morgan fingerprint density at radius 3 is 2.67 bits per heavy atom.